The fourth-order valence-corrected chi connectivity index (χ4v) is 5.81. The highest BCUT2D eigenvalue weighted by Gasteiger charge is 2.17. The van der Waals surface area contributed by atoms with E-state index in [1.54, 1.807) is 10.9 Å². The molecule has 4 aromatic heterocycles. The lowest BCUT2D eigenvalue weighted by Gasteiger charge is -2.17. The number of hydrogen-bond donors (Lipinski definition) is 2. The summed E-state index contributed by atoms with van der Waals surface area (Å²) >= 11 is 0. The van der Waals surface area contributed by atoms with E-state index in [1.807, 2.05) is 179 Å². The fraction of sp³-hybridized carbons (Fsp3) is 0.576. The van der Waals surface area contributed by atoms with Crippen LogP contribution in [0.3, 0.4) is 0 Å². The summed E-state index contributed by atoms with van der Waals surface area (Å²) < 4.78 is 1.75. The molecule has 420 valence electrons. The molecule has 0 atom stereocenters. The van der Waals surface area contributed by atoms with Gasteiger partial charge >= 0.3 is 0 Å². The van der Waals surface area contributed by atoms with Crippen molar-refractivity contribution in [3.63, 3.8) is 0 Å². The van der Waals surface area contributed by atoms with Crippen molar-refractivity contribution in [2.45, 2.75) is 235 Å². The molecule has 7 heteroatoms. The van der Waals surface area contributed by atoms with Gasteiger partial charge in [0.15, 0.2) is 0 Å². The third-order valence-corrected chi connectivity index (χ3v) is 9.07. The van der Waals surface area contributed by atoms with Crippen LogP contribution in [0.2, 0.25) is 0 Å². The molecule has 0 saturated heterocycles. The van der Waals surface area contributed by atoms with Gasteiger partial charge in [-0.25, -0.2) is 9.97 Å². The van der Waals surface area contributed by atoms with E-state index in [0.717, 1.165) is 68.4 Å². The molecular formula is C66H121N7. The van der Waals surface area contributed by atoms with Gasteiger partial charge < -0.3 is 9.97 Å². The summed E-state index contributed by atoms with van der Waals surface area (Å²) in [5.41, 5.74) is 17.9. The van der Waals surface area contributed by atoms with Crippen LogP contribution in [-0.2, 0) is 7.05 Å². The average Bonchev–Trinajstić information content (AvgIpc) is 4.17. The Bertz CT molecular complexity index is 2150. The highest BCUT2D eigenvalue weighted by molar-refractivity contribution is 5.82. The lowest BCUT2D eigenvalue weighted by molar-refractivity contribution is 0.736. The number of benzene rings is 3. The van der Waals surface area contributed by atoms with E-state index in [-0.39, 0.29) is 0 Å². The highest BCUT2D eigenvalue weighted by atomic mass is 15.2. The van der Waals surface area contributed by atoms with Gasteiger partial charge in [0.2, 0.25) is 0 Å². The number of hydrogen-bond acceptors (Lipinski definition) is 4. The Morgan fingerprint density at radius 1 is 0.356 bits per heavy atom. The quantitative estimate of drug-likeness (QED) is 0.181. The maximum atomic E-state index is 4.76. The number of aromatic amines is 2. The van der Waals surface area contributed by atoms with Crippen LogP contribution in [0.25, 0.3) is 44.8 Å². The predicted octanol–water partition coefficient (Wildman–Crippen LogP) is 22.2. The van der Waals surface area contributed by atoms with Gasteiger partial charge in [-0.05, 0) is 149 Å². The van der Waals surface area contributed by atoms with Gasteiger partial charge in [-0.2, -0.15) is 5.10 Å². The molecule has 0 aliphatic carbocycles. The summed E-state index contributed by atoms with van der Waals surface area (Å²) in [5, 5.41) is 3.83. The molecule has 0 saturated carbocycles. The fourth-order valence-electron chi connectivity index (χ4n) is 5.81. The van der Waals surface area contributed by atoms with Crippen LogP contribution in [0.1, 0.15) is 223 Å². The second kappa shape index (κ2) is 51.8. The van der Waals surface area contributed by atoms with E-state index < -0.39 is 0 Å². The Hall–Kier alpha value is -5.04. The molecule has 73 heavy (non-hydrogen) atoms. The smallest absolute Gasteiger partial charge is 0.140 e. The zero-order valence-corrected chi connectivity index (χ0v) is 54.8. The number of fused-ring (bicyclic) bond motifs is 2. The number of H-pyrrole nitrogens is 2. The maximum Gasteiger partial charge on any atom is 0.140 e. The first-order valence-corrected chi connectivity index (χ1v) is 28.5. The minimum absolute atomic E-state index is 0.833. The first-order chi connectivity index (χ1) is 34.7. The van der Waals surface area contributed by atoms with Gasteiger partial charge in [0, 0.05) is 42.0 Å². The van der Waals surface area contributed by atoms with Gasteiger partial charge in [-0.1, -0.05) is 197 Å². The lowest BCUT2D eigenvalue weighted by atomic mass is 9.89. The molecule has 0 fully saturated rings. The van der Waals surface area contributed by atoms with Crippen molar-refractivity contribution in [2.75, 3.05) is 0 Å². The summed E-state index contributed by atoms with van der Waals surface area (Å²) in [5.74, 6) is 4.39. The van der Waals surface area contributed by atoms with E-state index in [0.29, 0.717) is 0 Å². The van der Waals surface area contributed by atoms with Crippen molar-refractivity contribution in [1.82, 2.24) is 34.7 Å². The van der Waals surface area contributed by atoms with Gasteiger partial charge in [0.1, 0.15) is 11.6 Å². The first kappa shape index (κ1) is 82.0. The molecule has 4 heterocycles. The molecule has 7 nitrogen and oxygen atoms in total. The number of nitrogens with one attached hydrogen (secondary N) is 2. The van der Waals surface area contributed by atoms with Crippen LogP contribution in [0.15, 0.2) is 67.0 Å². The van der Waals surface area contributed by atoms with Gasteiger partial charge in [0.25, 0.3) is 0 Å². The third-order valence-electron chi connectivity index (χ3n) is 9.07. The summed E-state index contributed by atoms with van der Waals surface area (Å²) in [6, 6.07) is 18.2. The van der Waals surface area contributed by atoms with Gasteiger partial charge in [0.05, 0.1) is 22.1 Å². The predicted molar refractivity (Wildman–Crippen MR) is 339 cm³/mol. The Kier molecular flexibility index (Phi) is 58.2. The minimum Gasteiger partial charge on any atom is -0.338 e. The van der Waals surface area contributed by atoms with E-state index in [1.165, 1.54) is 44.5 Å². The van der Waals surface area contributed by atoms with Crippen LogP contribution in [0.5, 0.6) is 0 Å². The second-order valence-electron chi connectivity index (χ2n) is 17.0. The summed E-state index contributed by atoms with van der Waals surface area (Å²) in [6.07, 6.45) is 3.64. The summed E-state index contributed by atoms with van der Waals surface area (Å²) in [4.78, 5) is 20.9. The maximum absolute atomic E-state index is 4.76. The summed E-state index contributed by atoms with van der Waals surface area (Å²) in [7, 11) is 1.89. The second-order valence-corrected chi connectivity index (χ2v) is 17.0. The van der Waals surface area contributed by atoms with Crippen molar-refractivity contribution in [2.24, 2.45) is 24.8 Å². The van der Waals surface area contributed by atoms with Crippen molar-refractivity contribution in [3.8, 4) is 22.8 Å². The SMILES string of the molecule is CC.CC.CC.CC.CC.CC.CC.CC.CC(C)C.CC(C)C.CC(C)C.Cc1c(C)c(C)c(-c2nc3ccccc3[nH]2)c(C)c1C.Cc1nc(C)c(-c2nc3ccccc3[nH]2)c(C)c1C.Cn1cccn1. The third kappa shape index (κ3) is 33.4. The Labute approximate surface area is 455 Å². The minimum atomic E-state index is 0.833. The van der Waals surface area contributed by atoms with Gasteiger partial charge in [-0.15, -0.1) is 0 Å². The molecular weight excluding hydrogens is 891 g/mol. The van der Waals surface area contributed by atoms with Crippen molar-refractivity contribution in [3.05, 3.63) is 117 Å². The van der Waals surface area contributed by atoms with Crippen molar-refractivity contribution < 1.29 is 0 Å². The number of aryl methyl sites for hydroxylation is 3. The Morgan fingerprint density at radius 3 is 0.918 bits per heavy atom. The van der Waals surface area contributed by atoms with Gasteiger partial charge in [-0.3, -0.25) is 9.67 Å². The van der Waals surface area contributed by atoms with Crippen LogP contribution in [0.4, 0.5) is 0 Å². The molecule has 3 aromatic carbocycles. The van der Waals surface area contributed by atoms with E-state index in [2.05, 4.69) is 149 Å². The van der Waals surface area contributed by atoms with Crippen molar-refractivity contribution in [1.29, 1.82) is 0 Å². The van der Waals surface area contributed by atoms with Crippen LogP contribution >= 0.6 is 0 Å². The molecule has 2 N–H and O–H groups in total. The summed E-state index contributed by atoms with van der Waals surface area (Å²) in [6.45, 7) is 70.8. The molecule has 7 rings (SSSR count). The number of nitrogens with zero attached hydrogens (tertiary/aromatic N) is 5. The topological polar surface area (TPSA) is 88.1 Å². The number of para-hydroxylation sites is 4. The molecule has 7 aromatic rings. The monoisotopic (exact) mass is 1010 g/mol. The lowest BCUT2D eigenvalue weighted by Crippen LogP contribution is -2.00. The van der Waals surface area contributed by atoms with Crippen molar-refractivity contribution >= 4 is 22.1 Å². The number of aromatic nitrogens is 7. The molecule has 0 aliphatic heterocycles. The van der Waals surface area contributed by atoms with Crippen LogP contribution in [-0.4, -0.2) is 34.7 Å². The molecule has 0 bridgehead atoms. The standard InChI is InChI=1S/C18H20N2.C16H17N3.C4H6N2.3C4H10.8C2H6/c1-10-11(2)13(4)17(14(5)12(10)3)18-19-15-8-6-7-9-16(15)20-18;1-9-10(2)15(12(4)17-11(9)3)16-18-13-7-5-6-8-14(13)19-16;1-6-4-2-3-5-6;3*1-4(2)3;8*1-2/h6-9H,1-5H3,(H,19,20);5-8H,1-4H3,(H,18,19);2-4H,1H3;3*4H,1-3H3;8*1-2H3. The molecule has 0 amide bonds. The zero-order chi connectivity index (χ0) is 59.1. The number of imidazole rings is 2. The van der Waals surface area contributed by atoms with E-state index in [9.17, 15) is 0 Å². The van der Waals surface area contributed by atoms with Crippen LogP contribution in [0, 0.1) is 80.1 Å². The first-order valence-electron chi connectivity index (χ1n) is 28.5. The Balaban J connectivity index is -0.000000150. The average molecular weight is 1010 g/mol. The van der Waals surface area contributed by atoms with E-state index in [4.69, 9.17) is 4.98 Å². The highest BCUT2D eigenvalue weighted by Crippen LogP contribution is 2.33. The normalized spacial score (nSPS) is 8.85. The molecule has 0 radical (unpaired) electrons. The largest absolute Gasteiger partial charge is 0.338 e. The number of pyridine rings is 1. The molecule has 0 spiro atoms. The van der Waals surface area contributed by atoms with Crippen LogP contribution < -0.4 is 0 Å². The molecule has 0 aliphatic rings. The Morgan fingerprint density at radius 2 is 0.644 bits per heavy atom. The number of rotatable bonds is 2. The zero-order valence-electron chi connectivity index (χ0n) is 54.8. The molecule has 0 unspecified atom stereocenters. The van der Waals surface area contributed by atoms with E-state index >= 15 is 0 Å².